The predicted octanol–water partition coefficient (Wildman–Crippen LogP) is 3.43. The molecule has 1 N–H and O–H groups in total. The zero-order valence-electron chi connectivity index (χ0n) is 11.7. The summed E-state index contributed by atoms with van der Waals surface area (Å²) in [5.41, 5.74) is 0.558. The topological polar surface area (TPSA) is 21.3 Å². The summed E-state index contributed by atoms with van der Waals surface area (Å²) in [6, 6.07) is 3.98. The first-order valence-electron chi connectivity index (χ1n) is 6.68. The summed E-state index contributed by atoms with van der Waals surface area (Å²) in [4.78, 5) is 0. The molecule has 2 rings (SSSR count). The summed E-state index contributed by atoms with van der Waals surface area (Å²) in [5, 5.41) is 3.43. The van der Waals surface area contributed by atoms with Gasteiger partial charge in [-0.25, -0.2) is 8.78 Å². The van der Waals surface area contributed by atoms with Crippen molar-refractivity contribution in [3.05, 3.63) is 35.4 Å². The summed E-state index contributed by atoms with van der Waals surface area (Å²) in [6.07, 6.45) is 0.538. The monoisotopic (exact) mass is 269 g/mol. The highest BCUT2D eigenvalue weighted by Crippen LogP contribution is 2.28. The summed E-state index contributed by atoms with van der Waals surface area (Å²) in [5.74, 6) is -1.10. The molecule has 1 aliphatic heterocycles. The van der Waals surface area contributed by atoms with E-state index in [1.165, 1.54) is 12.1 Å². The SMILES string of the molecule is CC(C)(C)C1CCOC(c2ccc(F)cc2F)CN1. The number of ether oxygens (including phenoxy) is 1. The number of hydrogen-bond acceptors (Lipinski definition) is 2. The lowest BCUT2D eigenvalue weighted by Gasteiger charge is -2.30. The molecule has 1 saturated heterocycles. The van der Waals surface area contributed by atoms with E-state index in [2.05, 4.69) is 26.1 Å². The molecule has 19 heavy (non-hydrogen) atoms. The first-order valence-corrected chi connectivity index (χ1v) is 6.68. The van der Waals surface area contributed by atoms with Gasteiger partial charge in [-0.05, 0) is 17.9 Å². The van der Waals surface area contributed by atoms with Gasteiger partial charge in [0.05, 0.1) is 6.10 Å². The van der Waals surface area contributed by atoms with E-state index in [-0.39, 0.29) is 11.5 Å². The van der Waals surface area contributed by atoms with Crippen LogP contribution in [0.2, 0.25) is 0 Å². The van der Waals surface area contributed by atoms with Crippen molar-refractivity contribution in [3.63, 3.8) is 0 Å². The molecule has 1 heterocycles. The Labute approximate surface area is 113 Å². The lowest BCUT2D eigenvalue weighted by molar-refractivity contribution is 0.0628. The lowest BCUT2D eigenvalue weighted by Crippen LogP contribution is -2.40. The minimum atomic E-state index is -0.560. The molecule has 2 unspecified atom stereocenters. The van der Waals surface area contributed by atoms with E-state index in [4.69, 9.17) is 4.74 Å². The average Bonchev–Trinajstić information content (AvgIpc) is 2.54. The quantitative estimate of drug-likeness (QED) is 0.843. The van der Waals surface area contributed by atoms with Gasteiger partial charge in [-0.15, -0.1) is 0 Å². The Kier molecular flexibility index (Phi) is 4.21. The van der Waals surface area contributed by atoms with Crippen molar-refractivity contribution < 1.29 is 13.5 Å². The zero-order valence-corrected chi connectivity index (χ0v) is 11.7. The van der Waals surface area contributed by atoms with Crippen LogP contribution in [0, 0.1) is 17.0 Å². The number of benzene rings is 1. The van der Waals surface area contributed by atoms with E-state index in [1.54, 1.807) is 0 Å². The van der Waals surface area contributed by atoms with E-state index in [1.807, 2.05) is 0 Å². The van der Waals surface area contributed by atoms with Gasteiger partial charge in [-0.1, -0.05) is 26.8 Å². The minimum Gasteiger partial charge on any atom is -0.372 e. The van der Waals surface area contributed by atoms with E-state index in [0.29, 0.717) is 24.8 Å². The molecule has 0 amide bonds. The maximum Gasteiger partial charge on any atom is 0.131 e. The van der Waals surface area contributed by atoms with E-state index >= 15 is 0 Å². The van der Waals surface area contributed by atoms with Gasteiger partial charge in [0, 0.05) is 30.8 Å². The van der Waals surface area contributed by atoms with Gasteiger partial charge in [0.25, 0.3) is 0 Å². The molecule has 2 atom stereocenters. The Morgan fingerprint density at radius 1 is 1.26 bits per heavy atom. The first kappa shape index (κ1) is 14.4. The van der Waals surface area contributed by atoms with Crippen LogP contribution in [0.5, 0.6) is 0 Å². The standard InChI is InChI=1S/C15H21F2NO/c1-15(2,3)14-6-7-19-13(9-18-14)11-5-4-10(16)8-12(11)17/h4-5,8,13-14,18H,6-7,9H2,1-3H3. The van der Waals surface area contributed by atoms with Crippen LogP contribution in [0.1, 0.15) is 38.9 Å². The third-order valence-electron chi connectivity index (χ3n) is 3.63. The summed E-state index contributed by atoms with van der Waals surface area (Å²) < 4.78 is 32.4. The normalized spacial score (nSPS) is 25.1. The molecule has 1 aromatic rings. The van der Waals surface area contributed by atoms with Crippen LogP contribution in [-0.2, 0) is 4.74 Å². The molecule has 4 heteroatoms. The highest BCUT2D eigenvalue weighted by molar-refractivity contribution is 5.21. The molecule has 1 aromatic carbocycles. The summed E-state index contributed by atoms with van der Waals surface area (Å²) in [7, 11) is 0. The second-order valence-corrected chi connectivity index (χ2v) is 6.14. The van der Waals surface area contributed by atoms with Gasteiger partial charge in [-0.2, -0.15) is 0 Å². The first-order chi connectivity index (χ1) is 8.88. The van der Waals surface area contributed by atoms with Gasteiger partial charge in [-0.3, -0.25) is 0 Å². The predicted molar refractivity (Wildman–Crippen MR) is 70.9 cm³/mol. The van der Waals surface area contributed by atoms with Crippen molar-refractivity contribution in [1.82, 2.24) is 5.32 Å². The smallest absolute Gasteiger partial charge is 0.131 e. The maximum atomic E-state index is 13.8. The molecule has 0 radical (unpaired) electrons. The van der Waals surface area contributed by atoms with Crippen LogP contribution < -0.4 is 5.32 Å². The molecule has 106 valence electrons. The van der Waals surface area contributed by atoms with E-state index in [0.717, 1.165) is 12.5 Å². The third-order valence-corrected chi connectivity index (χ3v) is 3.63. The second kappa shape index (κ2) is 5.55. The van der Waals surface area contributed by atoms with Crippen LogP contribution in [0.3, 0.4) is 0 Å². The molecular formula is C15H21F2NO. The Balaban J connectivity index is 2.11. The fraction of sp³-hybridized carbons (Fsp3) is 0.600. The van der Waals surface area contributed by atoms with Crippen molar-refractivity contribution in [1.29, 1.82) is 0 Å². The number of halogens is 2. The molecule has 0 aliphatic carbocycles. The number of nitrogens with one attached hydrogen (secondary N) is 1. The Bertz CT molecular complexity index is 442. The van der Waals surface area contributed by atoms with Gasteiger partial charge >= 0.3 is 0 Å². The van der Waals surface area contributed by atoms with E-state index in [9.17, 15) is 8.78 Å². The van der Waals surface area contributed by atoms with Gasteiger partial charge in [0.2, 0.25) is 0 Å². The van der Waals surface area contributed by atoms with Crippen molar-refractivity contribution >= 4 is 0 Å². The highest BCUT2D eigenvalue weighted by Gasteiger charge is 2.29. The Morgan fingerprint density at radius 3 is 2.63 bits per heavy atom. The average molecular weight is 269 g/mol. The largest absolute Gasteiger partial charge is 0.372 e. The Morgan fingerprint density at radius 2 is 2.00 bits per heavy atom. The fourth-order valence-electron chi connectivity index (χ4n) is 2.44. The fourth-order valence-corrected chi connectivity index (χ4v) is 2.44. The molecule has 1 aliphatic rings. The Hall–Kier alpha value is -1.00. The number of hydrogen-bond donors (Lipinski definition) is 1. The van der Waals surface area contributed by atoms with Crippen molar-refractivity contribution in [2.75, 3.05) is 13.2 Å². The molecule has 0 spiro atoms. The van der Waals surface area contributed by atoms with Crippen LogP contribution in [0.4, 0.5) is 8.78 Å². The molecule has 0 bridgehead atoms. The van der Waals surface area contributed by atoms with Crippen molar-refractivity contribution in [2.45, 2.75) is 39.3 Å². The third kappa shape index (κ3) is 3.51. The summed E-state index contributed by atoms with van der Waals surface area (Å²) in [6.45, 7) is 7.64. The van der Waals surface area contributed by atoms with Crippen LogP contribution in [-0.4, -0.2) is 19.2 Å². The maximum absolute atomic E-state index is 13.8. The zero-order chi connectivity index (χ0) is 14.0. The number of rotatable bonds is 1. The van der Waals surface area contributed by atoms with Gasteiger partial charge in [0.1, 0.15) is 11.6 Å². The van der Waals surface area contributed by atoms with Crippen LogP contribution >= 0.6 is 0 Å². The van der Waals surface area contributed by atoms with Gasteiger partial charge < -0.3 is 10.1 Å². The minimum absolute atomic E-state index is 0.138. The second-order valence-electron chi connectivity index (χ2n) is 6.14. The highest BCUT2D eigenvalue weighted by atomic mass is 19.1. The lowest BCUT2D eigenvalue weighted by atomic mass is 9.85. The molecule has 2 nitrogen and oxygen atoms in total. The molecule has 0 saturated carbocycles. The van der Waals surface area contributed by atoms with E-state index < -0.39 is 11.6 Å². The van der Waals surface area contributed by atoms with Crippen LogP contribution in [0.15, 0.2) is 18.2 Å². The molecule has 1 fully saturated rings. The van der Waals surface area contributed by atoms with Crippen molar-refractivity contribution in [3.8, 4) is 0 Å². The van der Waals surface area contributed by atoms with Gasteiger partial charge in [0.15, 0.2) is 0 Å². The van der Waals surface area contributed by atoms with Crippen LogP contribution in [0.25, 0.3) is 0 Å². The molecule has 0 aromatic heterocycles. The summed E-state index contributed by atoms with van der Waals surface area (Å²) >= 11 is 0. The molecular weight excluding hydrogens is 248 g/mol. The van der Waals surface area contributed by atoms with Crippen molar-refractivity contribution in [2.24, 2.45) is 5.41 Å².